The predicted molar refractivity (Wildman–Crippen MR) is 156 cm³/mol. The lowest BCUT2D eigenvalue weighted by Crippen LogP contribution is -2.52. The van der Waals surface area contributed by atoms with Crippen LogP contribution in [-0.2, 0) is 26.0 Å². The van der Waals surface area contributed by atoms with Crippen molar-refractivity contribution in [2.24, 2.45) is 0 Å². The molecule has 3 aromatic rings. The molecule has 9 heteroatoms. The van der Waals surface area contributed by atoms with Crippen LogP contribution in [0.1, 0.15) is 37.8 Å². The molecule has 0 aliphatic rings. The maximum atomic E-state index is 13.9. The van der Waals surface area contributed by atoms with E-state index in [9.17, 15) is 18.0 Å². The summed E-state index contributed by atoms with van der Waals surface area (Å²) in [6.45, 7) is 5.87. The Balaban J connectivity index is 1.95. The van der Waals surface area contributed by atoms with Gasteiger partial charge in [-0.15, -0.1) is 0 Å². The van der Waals surface area contributed by atoms with E-state index in [0.29, 0.717) is 23.7 Å². The molecule has 1 atom stereocenters. The summed E-state index contributed by atoms with van der Waals surface area (Å²) in [5, 5.41) is 3.30. The van der Waals surface area contributed by atoms with Crippen molar-refractivity contribution in [3.63, 3.8) is 0 Å². The van der Waals surface area contributed by atoms with Gasteiger partial charge < -0.3 is 10.2 Å². The first-order valence-electron chi connectivity index (χ1n) is 13.1. The van der Waals surface area contributed by atoms with Crippen molar-refractivity contribution in [2.45, 2.75) is 51.0 Å². The van der Waals surface area contributed by atoms with Crippen LogP contribution in [0, 0.1) is 6.92 Å². The summed E-state index contributed by atoms with van der Waals surface area (Å²) in [7, 11) is -4.12. The minimum absolute atomic E-state index is 0.0161. The van der Waals surface area contributed by atoms with E-state index in [1.807, 2.05) is 50.2 Å². The SMILES string of the molecule is CCCCNC(=O)[C@H](C)N(CCc1ccccc1)C(=O)CN(c1cccc(C)c1)S(=O)(=O)c1ccc(Cl)cc1. The zero-order valence-electron chi connectivity index (χ0n) is 22.6. The van der Waals surface area contributed by atoms with Gasteiger partial charge in [0.15, 0.2) is 0 Å². The monoisotopic (exact) mass is 569 g/mol. The van der Waals surface area contributed by atoms with Crippen molar-refractivity contribution in [1.82, 2.24) is 10.2 Å². The topological polar surface area (TPSA) is 86.8 Å². The number of hydrogen-bond donors (Lipinski definition) is 1. The molecular formula is C30H36ClN3O4S. The largest absolute Gasteiger partial charge is 0.354 e. The quantitative estimate of drug-likeness (QED) is 0.286. The summed E-state index contributed by atoms with van der Waals surface area (Å²) >= 11 is 5.99. The summed E-state index contributed by atoms with van der Waals surface area (Å²) in [5.74, 6) is -0.740. The molecule has 0 saturated carbocycles. The maximum absolute atomic E-state index is 13.9. The van der Waals surface area contributed by atoms with Gasteiger partial charge in [0.05, 0.1) is 10.6 Å². The first kappa shape index (κ1) is 30.2. The number of carbonyl (C=O) groups excluding carboxylic acids is 2. The van der Waals surface area contributed by atoms with E-state index in [4.69, 9.17) is 11.6 Å². The average Bonchev–Trinajstić information content (AvgIpc) is 2.92. The van der Waals surface area contributed by atoms with E-state index in [-0.39, 0.29) is 17.3 Å². The first-order chi connectivity index (χ1) is 18.6. The van der Waals surface area contributed by atoms with Gasteiger partial charge in [0.2, 0.25) is 11.8 Å². The van der Waals surface area contributed by atoms with Gasteiger partial charge in [-0.05, 0) is 74.2 Å². The third kappa shape index (κ3) is 8.31. The van der Waals surface area contributed by atoms with Crippen molar-refractivity contribution in [3.8, 4) is 0 Å². The Kier molecular flexibility index (Phi) is 10.9. The lowest BCUT2D eigenvalue weighted by molar-refractivity contribution is -0.138. The van der Waals surface area contributed by atoms with E-state index in [2.05, 4.69) is 5.32 Å². The molecule has 0 bridgehead atoms. The van der Waals surface area contributed by atoms with Crippen LogP contribution < -0.4 is 9.62 Å². The molecule has 7 nitrogen and oxygen atoms in total. The summed E-state index contributed by atoms with van der Waals surface area (Å²) in [6.07, 6.45) is 2.28. The number of sulfonamides is 1. The molecule has 0 radical (unpaired) electrons. The van der Waals surface area contributed by atoms with Crippen molar-refractivity contribution < 1.29 is 18.0 Å². The number of amides is 2. The fourth-order valence-corrected chi connectivity index (χ4v) is 5.68. The normalized spacial score (nSPS) is 12.0. The van der Waals surface area contributed by atoms with Gasteiger partial charge in [0.25, 0.3) is 10.0 Å². The third-order valence-corrected chi connectivity index (χ3v) is 8.49. The van der Waals surface area contributed by atoms with E-state index in [1.54, 1.807) is 25.1 Å². The zero-order valence-corrected chi connectivity index (χ0v) is 24.2. The van der Waals surface area contributed by atoms with Crippen molar-refractivity contribution in [2.75, 3.05) is 23.9 Å². The van der Waals surface area contributed by atoms with Gasteiger partial charge >= 0.3 is 0 Å². The number of hydrogen-bond acceptors (Lipinski definition) is 4. The number of benzene rings is 3. The van der Waals surface area contributed by atoms with Gasteiger partial charge in [-0.25, -0.2) is 8.42 Å². The lowest BCUT2D eigenvalue weighted by atomic mass is 10.1. The Bertz CT molecular complexity index is 1350. The number of carbonyl (C=O) groups is 2. The number of halogens is 1. The number of rotatable bonds is 13. The van der Waals surface area contributed by atoms with Crippen molar-refractivity contribution >= 4 is 39.1 Å². The molecule has 0 aromatic heterocycles. The minimum Gasteiger partial charge on any atom is -0.354 e. The van der Waals surface area contributed by atoms with Crippen molar-refractivity contribution in [1.29, 1.82) is 0 Å². The van der Waals surface area contributed by atoms with Gasteiger partial charge in [0.1, 0.15) is 12.6 Å². The Labute approximate surface area is 236 Å². The molecule has 0 heterocycles. The van der Waals surface area contributed by atoms with Crippen LogP contribution in [0.4, 0.5) is 5.69 Å². The summed E-state index contributed by atoms with van der Waals surface area (Å²) < 4.78 is 28.7. The molecule has 0 spiro atoms. The van der Waals surface area contributed by atoms with Gasteiger partial charge in [0, 0.05) is 18.1 Å². The van der Waals surface area contributed by atoms with Crippen LogP contribution >= 0.6 is 11.6 Å². The van der Waals surface area contributed by atoms with Crippen LogP contribution in [0.15, 0.2) is 83.8 Å². The van der Waals surface area contributed by atoms with Gasteiger partial charge in [-0.2, -0.15) is 0 Å². The van der Waals surface area contributed by atoms with E-state index in [1.165, 1.54) is 29.2 Å². The number of aryl methyl sites for hydroxylation is 1. The number of nitrogens with zero attached hydrogens (tertiary/aromatic N) is 2. The molecule has 0 fully saturated rings. The molecule has 0 aliphatic heterocycles. The summed E-state index contributed by atoms with van der Waals surface area (Å²) in [5.41, 5.74) is 2.22. The number of unbranched alkanes of at least 4 members (excludes halogenated alkanes) is 1. The standard InChI is InChI=1S/C30H36ClN3O4S/c1-4-5-19-32-30(36)24(3)33(20-18-25-11-7-6-8-12-25)29(35)22-34(27-13-9-10-23(2)21-27)39(37,38)28-16-14-26(31)15-17-28/h6-17,21,24H,4-5,18-20,22H2,1-3H3,(H,32,36)/t24-/m0/s1. The summed E-state index contributed by atoms with van der Waals surface area (Å²) in [4.78, 5) is 28.3. The molecule has 3 aromatic carbocycles. The van der Waals surface area contributed by atoms with E-state index >= 15 is 0 Å². The molecule has 3 rings (SSSR count). The Morgan fingerprint density at radius 2 is 1.67 bits per heavy atom. The number of nitrogens with one attached hydrogen (secondary N) is 1. The zero-order chi connectivity index (χ0) is 28.4. The van der Waals surface area contributed by atoms with E-state index < -0.39 is 28.5 Å². The number of anilines is 1. The Morgan fingerprint density at radius 1 is 0.974 bits per heavy atom. The van der Waals surface area contributed by atoms with Gasteiger partial charge in [-0.1, -0.05) is 67.4 Å². The molecule has 0 aliphatic carbocycles. The third-order valence-electron chi connectivity index (χ3n) is 6.45. The smallest absolute Gasteiger partial charge is 0.264 e. The van der Waals surface area contributed by atoms with Crippen LogP contribution in [0.25, 0.3) is 0 Å². The lowest BCUT2D eigenvalue weighted by Gasteiger charge is -2.32. The predicted octanol–water partition coefficient (Wildman–Crippen LogP) is 5.22. The molecule has 2 amide bonds. The highest BCUT2D eigenvalue weighted by Crippen LogP contribution is 2.26. The second-order valence-electron chi connectivity index (χ2n) is 9.45. The summed E-state index contributed by atoms with van der Waals surface area (Å²) in [6, 6.07) is 21.7. The molecule has 0 saturated heterocycles. The van der Waals surface area contributed by atoms with Crippen LogP contribution in [0.3, 0.4) is 0 Å². The highest BCUT2D eigenvalue weighted by Gasteiger charge is 2.32. The van der Waals surface area contributed by atoms with Crippen LogP contribution in [0.5, 0.6) is 0 Å². The Hall–Kier alpha value is -3.36. The minimum atomic E-state index is -4.12. The molecule has 1 N–H and O–H groups in total. The van der Waals surface area contributed by atoms with Crippen LogP contribution in [-0.4, -0.2) is 50.8 Å². The fourth-order valence-electron chi connectivity index (χ4n) is 4.15. The molecular weight excluding hydrogens is 534 g/mol. The second kappa shape index (κ2) is 14.1. The molecule has 208 valence electrons. The van der Waals surface area contributed by atoms with Crippen LogP contribution in [0.2, 0.25) is 5.02 Å². The first-order valence-corrected chi connectivity index (χ1v) is 14.9. The highest BCUT2D eigenvalue weighted by molar-refractivity contribution is 7.92. The van der Waals surface area contributed by atoms with Crippen molar-refractivity contribution in [3.05, 3.63) is 95.0 Å². The highest BCUT2D eigenvalue weighted by atomic mass is 35.5. The molecule has 0 unspecified atom stereocenters. The Morgan fingerprint density at radius 3 is 2.31 bits per heavy atom. The maximum Gasteiger partial charge on any atom is 0.264 e. The molecule has 39 heavy (non-hydrogen) atoms. The van der Waals surface area contributed by atoms with E-state index in [0.717, 1.165) is 28.3 Å². The fraction of sp³-hybridized carbons (Fsp3) is 0.333. The average molecular weight is 570 g/mol. The van der Waals surface area contributed by atoms with Gasteiger partial charge in [-0.3, -0.25) is 13.9 Å². The second-order valence-corrected chi connectivity index (χ2v) is 11.7.